The third-order valence-electron chi connectivity index (χ3n) is 5.52. The Morgan fingerprint density at radius 2 is 2.03 bits per heavy atom. The summed E-state index contributed by atoms with van der Waals surface area (Å²) in [6.45, 7) is 9.69. The molecule has 4 rings (SSSR count). The summed E-state index contributed by atoms with van der Waals surface area (Å²) in [4.78, 5) is 19.4. The van der Waals surface area contributed by atoms with E-state index in [0.29, 0.717) is 45.9 Å². The van der Waals surface area contributed by atoms with Crippen molar-refractivity contribution in [3.05, 3.63) is 71.1 Å². The van der Waals surface area contributed by atoms with Crippen LogP contribution in [0.5, 0.6) is 5.75 Å². The zero-order valence-electron chi connectivity index (χ0n) is 23.1. The molecule has 4 N–H and O–H groups in total. The molecule has 0 atom stereocenters. The van der Waals surface area contributed by atoms with Gasteiger partial charge in [0.2, 0.25) is 5.95 Å². The van der Waals surface area contributed by atoms with Crippen LogP contribution in [-0.2, 0) is 0 Å². The van der Waals surface area contributed by atoms with Gasteiger partial charge in [0.05, 0.1) is 16.8 Å². The van der Waals surface area contributed by atoms with Crippen LogP contribution in [-0.4, -0.2) is 50.5 Å². The molecule has 1 aliphatic rings. The van der Waals surface area contributed by atoms with Crippen LogP contribution >= 0.6 is 11.6 Å². The lowest BCUT2D eigenvalue weighted by Gasteiger charge is -2.25. The minimum absolute atomic E-state index is 0.364. The van der Waals surface area contributed by atoms with Crippen LogP contribution < -0.4 is 20.3 Å². The number of rotatable bonds is 8. The van der Waals surface area contributed by atoms with Gasteiger partial charge in [-0.1, -0.05) is 18.5 Å². The molecule has 0 saturated carbocycles. The Bertz CT molecular complexity index is 1410. The highest BCUT2D eigenvalue weighted by atomic mass is 35.5. The van der Waals surface area contributed by atoms with Crippen molar-refractivity contribution in [3.63, 3.8) is 0 Å². The first kappa shape index (κ1) is 29.5. The molecule has 3 aromatic rings. The Morgan fingerprint density at radius 1 is 1.28 bits per heavy atom. The lowest BCUT2D eigenvalue weighted by molar-refractivity contribution is 0.0883. The molecular weight excluding hydrogens is 516 g/mol. The quantitative estimate of drug-likeness (QED) is 0.259. The molecule has 39 heavy (non-hydrogen) atoms. The minimum Gasteiger partial charge on any atom is -0.456 e. The van der Waals surface area contributed by atoms with Crippen LogP contribution in [0.4, 0.5) is 17.5 Å². The fraction of sp³-hybridized carbons (Fsp3) is 0.321. The van der Waals surface area contributed by atoms with Gasteiger partial charge in [-0.2, -0.15) is 0 Å². The highest BCUT2D eigenvalue weighted by Gasteiger charge is 2.19. The number of halogens is 1. The molecule has 0 aliphatic carbocycles. The molecule has 0 bridgehead atoms. The van der Waals surface area contributed by atoms with E-state index in [9.17, 15) is 5.11 Å². The number of aliphatic hydroxyl groups is 1. The van der Waals surface area contributed by atoms with E-state index in [0.717, 1.165) is 17.8 Å². The summed E-state index contributed by atoms with van der Waals surface area (Å²) in [7, 11) is 1.82. The summed E-state index contributed by atoms with van der Waals surface area (Å²) in [5, 5.41) is 23.2. The lowest BCUT2D eigenvalue weighted by atomic mass is 10.1. The number of aromatic nitrogens is 4. The number of nitrogens with zero attached hydrogens (tertiary/aromatic N) is 5. The lowest BCUT2D eigenvalue weighted by Crippen LogP contribution is -2.37. The first-order valence-electron chi connectivity index (χ1n) is 12.5. The summed E-state index contributed by atoms with van der Waals surface area (Å²) in [6, 6.07) is 5.43. The zero-order chi connectivity index (χ0) is 28.6. The number of ether oxygens (including phenoxy) is 1. The van der Waals surface area contributed by atoms with Gasteiger partial charge in [0.1, 0.15) is 28.9 Å². The Labute approximate surface area is 234 Å². The van der Waals surface area contributed by atoms with E-state index in [2.05, 4.69) is 44.4 Å². The summed E-state index contributed by atoms with van der Waals surface area (Å²) < 4.78 is 6.04. The van der Waals surface area contributed by atoms with E-state index in [1.54, 1.807) is 44.0 Å². The molecular formula is C28H35ClN8O2. The number of anilines is 3. The van der Waals surface area contributed by atoms with Gasteiger partial charge in [-0.3, -0.25) is 0 Å². The second kappa shape index (κ2) is 13.2. The Morgan fingerprint density at radius 3 is 2.69 bits per heavy atom. The zero-order valence-corrected chi connectivity index (χ0v) is 23.8. The second-order valence-electron chi connectivity index (χ2n) is 9.53. The monoisotopic (exact) mass is 550 g/mol. The molecule has 0 spiro atoms. The molecule has 1 aromatic carbocycles. The maximum Gasteiger partial charge on any atom is 0.225 e. The van der Waals surface area contributed by atoms with Gasteiger partial charge in [0.15, 0.2) is 5.82 Å². The first-order chi connectivity index (χ1) is 18.5. The van der Waals surface area contributed by atoms with Crippen molar-refractivity contribution in [2.24, 2.45) is 0 Å². The number of allylic oxidation sites excluding steroid dienone is 3. The molecule has 0 unspecified atom stereocenters. The van der Waals surface area contributed by atoms with Crippen LogP contribution in [0.15, 0.2) is 66.1 Å². The molecule has 10 nitrogen and oxygen atoms in total. The van der Waals surface area contributed by atoms with E-state index in [-0.39, 0.29) is 0 Å². The van der Waals surface area contributed by atoms with Crippen molar-refractivity contribution in [1.29, 1.82) is 5.41 Å². The number of hydrogen-bond donors (Lipinski definition) is 4. The molecule has 11 heteroatoms. The maximum atomic E-state index is 10.1. The van der Waals surface area contributed by atoms with E-state index in [1.807, 2.05) is 31.5 Å². The summed E-state index contributed by atoms with van der Waals surface area (Å²) in [6.07, 6.45) is 10.9. The largest absolute Gasteiger partial charge is 0.456 e. The van der Waals surface area contributed by atoms with Gasteiger partial charge in [0.25, 0.3) is 0 Å². The van der Waals surface area contributed by atoms with Crippen molar-refractivity contribution in [3.8, 4) is 5.75 Å². The Balaban J connectivity index is 0.00000134. The van der Waals surface area contributed by atoms with E-state index < -0.39 is 5.60 Å². The maximum absolute atomic E-state index is 10.1. The predicted molar refractivity (Wildman–Crippen MR) is 158 cm³/mol. The highest BCUT2D eigenvalue weighted by Crippen LogP contribution is 2.32. The van der Waals surface area contributed by atoms with Gasteiger partial charge in [-0.15, -0.1) is 0 Å². The fourth-order valence-electron chi connectivity index (χ4n) is 3.64. The minimum atomic E-state index is -0.894. The molecule has 206 valence electrons. The van der Waals surface area contributed by atoms with Crippen molar-refractivity contribution in [2.75, 3.05) is 23.8 Å². The molecule has 1 aliphatic heterocycles. The SMILES string of the molecule is CC=N.CCC(C)=C1C=C(Oc2ccc(Nc3ncnc4cnc(N(C)CC(C)(C)O)nc34)cc2Cl)C=CN1. The van der Waals surface area contributed by atoms with E-state index >= 15 is 0 Å². The average molecular weight is 551 g/mol. The van der Waals surface area contributed by atoms with Gasteiger partial charge < -0.3 is 30.8 Å². The number of benzene rings is 1. The van der Waals surface area contributed by atoms with Crippen molar-refractivity contribution in [2.45, 2.75) is 46.6 Å². The smallest absolute Gasteiger partial charge is 0.225 e. The number of likely N-dealkylation sites (N-methyl/N-ethyl adjacent to an activating group) is 1. The summed E-state index contributed by atoms with van der Waals surface area (Å²) in [5.74, 6) is 2.21. The number of nitrogens with one attached hydrogen (secondary N) is 3. The third kappa shape index (κ3) is 8.23. The van der Waals surface area contributed by atoms with Crippen LogP contribution in [0.25, 0.3) is 11.0 Å². The highest BCUT2D eigenvalue weighted by molar-refractivity contribution is 6.32. The third-order valence-corrected chi connectivity index (χ3v) is 5.81. The number of hydrogen-bond acceptors (Lipinski definition) is 10. The van der Waals surface area contributed by atoms with Crippen LogP contribution in [0, 0.1) is 5.41 Å². The van der Waals surface area contributed by atoms with Crippen molar-refractivity contribution in [1.82, 2.24) is 25.3 Å². The molecule has 0 saturated heterocycles. The van der Waals surface area contributed by atoms with Crippen molar-refractivity contribution >= 4 is 46.3 Å². The standard InChI is InChI=1S/C26H30ClN7O2.C2H5N/c1-6-16(2)20-12-18(9-10-28-20)36-22-8-7-17(11-19(22)27)32-24-23-21(30-15-31-24)13-29-25(33-23)34(5)14-26(3,4)35;1-2-3/h7-13,15,28,35H,6,14H2,1-5H3,(H,30,31,32);2-3H,1H3. The topological polar surface area (TPSA) is 132 Å². The normalized spacial score (nSPS) is 14.0. The van der Waals surface area contributed by atoms with Crippen molar-refractivity contribution < 1.29 is 9.84 Å². The fourth-order valence-corrected chi connectivity index (χ4v) is 3.86. The van der Waals surface area contributed by atoms with Gasteiger partial charge in [-0.25, -0.2) is 19.9 Å². The van der Waals surface area contributed by atoms with Gasteiger partial charge in [0, 0.05) is 37.3 Å². The van der Waals surface area contributed by atoms with Crippen LogP contribution in [0.1, 0.15) is 41.0 Å². The number of fused-ring (bicyclic) bond motifs is 1. The van der Waals surface area contributed by atoms with Gasteiger partial charge in [-0.05, 0) is 70.2 Å². The Hall–Kier alpha value is -4.02. The summed E-state index contributed by atoms with van der Waals surface area (Å²) in [5.41, 5.74) is 3.23. The first-order valence-corrected chi connectivity index (χ1v) is 12.9. The van der Waals surface area contributed by atoms with E-state index in [4.69, 9.17) is 21.7 Å². The molecule has 2 aromatic heterocycles. The molecule has 0 radical (unpaired) electrons. The molecule has 0 amide bonds. The summed E-state index contributed by atoms with van der Waals surface area (Å²) >= 11 is 6.55. The van der Waals surface area contributed by atoms with Crippen LogP contribution in [0.2, 0.25) is 5.02 Å². The van der Waals surface area contributed by atoms with Crippen LogP contribution in [0.3, 0.4) is 0 Å². The molecule has 3 heterocycles. The average Bonchev–Trinajstić information content (AvgIpc) is 2.89. The van der Waals surface area contributed by atoms with E-state index in [1.165, 1.54) is 18.1 Å². The molecule has 0 fully saturated rings. The predicted octanol–water partition coefficient (Wildman–Crippen LogP) is 5.74. The number of dihydropyridines is 1. The van der Waals surface area contributed by atoms with Gasteiger partial charge >= 0.3 is 0 Å². The second-order valence-corrected chi connectivity index (χ2v) is 9.93. The Kier molecular flexibility index (Phi) is 9.97.